The molecule has 6 rings (SSSR count). The minimum Gasteiger partial charge on any atom is -0.495 e. The van der Waals surface area contributed by atoms with E-state index in [0.29, 0.717) is 21.5 Å². The number of hydrogen-bond donors (Lipinski definition) is 0. The van der Waals surface area contributed by atoms with Crippen LogP contribution in [0.2, 0.25) is 10.0 Å². The SMILES string of the molecule is COc1ccc(P(c2ccccc2)c2ccccc2)c(-c2c(P(c3ccccc3)c3ccccc3)ccc(OC)c2Cl)c1Cl. The van der Waals surface area contributed by atoms with E-state index in [1.54, 1.807) is 14.2 Å². The van der Waals surface area contributed by atoms with Crippen LogP contribution in [0.3, 0.4) is 0 Å². The molecule has 0 saturated heterocycles. The molecule has 2 nitrogen and oxygen atoms in total. The first-order chi connectivity index (χ1) is 21.6. The van der Waals surface area contributed by atoms with Gasteiger partial charge < -0.3 is 9.47 Å². The maximum Gasteiger partial charge on any atom is 0.138 e. The highest BCUT2D eigenvalue weighted by molar-refractivity contribution is 7.80. The van der Waals surface area contributed by atoms with Crippen LogP contribution < -0.4 is 41.3 Å². The highest BCUT2D eigenvalue weighted by Gasteiger charge is 2.30. The third kappa shape index (κ3) is 6.01. The molecular formula is C38H30Cl2O2P2. The van der Waals surface area contributed by atoms with E-state index < -0.39 is 15.8 Å². The van der Waals surface area contributed by atoms with Crippen LogP contribution in [0, 0.1) is 0 Å². The molecule has 44 heavy (non-hydrogen) atoms. The monoisotopic (exact) mass is 650 g/mol. The summed E-state index contributed by atoms with van der Waals surface area (Å²) < 4.78 is 11.7. The molecule has 0 saturated carbocycles. The Morgan fingerprint density at radius 3 is 0.909 bits per heavy atom. The number of methoxy groups -OCH3 is 2. The summed E-state index contributed by atoms with van der Waals surface area (Å²) in [5.74, 6) is 1.19. The lowest BCUT2D eigenvalue weighted by Crippen LogP contribution is -2.26. The van der Waals surface area contributed by atoms with Crippen molar-refractivity contribution in [2.75, 3.05) is 14.2 Å². The van der Waals surface area contributed by atoms with Crippen LogP contribution in [0.4, 0.5) is 0 Å². The Balaban J connectivity index is 1.73. The smallest absolute Gasteiger partial charge is 0.138 e. The van der Waals surface area contributed by atoms with Crippen molar-refractivity contribution >= 4 is 70.9 Å². The van der Waals surface area contributed by atoms with Gasteiger partial charge >= 0.3 is 0 Å². The number of hydrogen-bond acceptors (Lipinski definition) is 2. The fourth-order valence-electron chi connectivity index (χ4n) is 5.42. The van der Waals surface area contributed by atoms with Gasteiger partial charge in [0, 0.05) is 11.1 Å². The molecule has 0 bridgehead atoms. The summed E-state index contributed by atoms with van der Waals surface area (Å²) in [6.07, 6.45) is 0. The van der Waals surface area contributed by atoms with Gasteiger partial charge in [0.05, 0.1) is 24.3 Å². The van der Waals surface area contributed by atoms with Crippen molar-refractivity contribution < 1.29 is 9.47 Å². The summed E-state index contributed by atoms with van der Waals surface area (Å²) in [5.41, 5.74) is 1.73. The van der Waals surface area contributed by atoms with Crippen molar-refractivity contribution in [2.45, 2.75) is 0 Å². The molecule has 0 heterocycles. The third-order valence-electron chi connectivity index (χ3n) is 7.40. The van der Waals surface area contributed by atoms with Crippen LogP contribution >= 0.6 is 39.0 Å². The first-order valence-corrected chi connectivity index (χ1v) is 17.6. The largest absolute Gasteiger partial charge is 0.495 e. The zero-order valence-corrected chi connectivity index (χ0v) is 27.6. The summed E-state index contributed by atoms with van der Waals surface area (Å²) in [7, 11) is 1.25. The molecule has 0 fully saturated rings. The molecule has 0 aliphatic heterocycles. The molecule has 6 heteroatoms. The quantitative estimate of drug-likeness (QED) is 0.147. The lowest BCUT2D eigenvalue weighted by Gasteiger charge is -2.28. The van der Waals surface area contributed by atoms with Gasteiger partial charge in [-0.3, -0.25) is 0 Å². The number of ether oxygens (including phenoxy) is 2. The van der Waals surface area contributed by atoms with Gasteiger partial charge in [-0.15, -0.1) is 0 Å². The fraction of sp³-hybridized carbons (Fsp3) is 0.0526. The molecule has 0 unspecified atom stereocenters. The van der Waals surface area contributed by atoms with Crippen molar-refractivity contribution in [3.05, 3.63) is 156 Å². The fourth-order valence-corrected chi connectivity index (χ4v) is 11.2. The average molecular weight is 652 g/mol. The highest BCUT2D eigenvalue weighted by Crippen LogP contribution is 2.49. The maximum atomic E-state index is 7.40. The van der Waals surface area contributed by atoms with Gasteiger partial charge in [0.2, 0.25) is 0 Å². The topological polar surface area (TPSA) is 18.5 Å². The first-order valence-electron chi connectivity index (χ1n) is 14.2. The van der Waals surface area contributed by atoms with Crippen LogP contribution in [-0.4, -0.2) is 14.2 Å². The molecule has 0 amide bonds. The highest BCUT2D eigenvalue weighted by atomic mass is 35.5. The average Bonchev–Trinajstić information content (AvgIpc) is 3.08. The van der Waals surface area contributed by atoms with E-state index >= 15 is 0 Å². The normalized spacial score (nSPS) is 11.1. The van der Waals surface area contributed by atoms with E-state index in [-0.39, 0.29) is 0 Å². The van der Waals surface area contributed by atoms with E-state index in [0.717, 1.165) is 21.7 Å². The number of benzene rings is 6. The third-order valence-corrected chi connectivity index (χ3v) is 13.1. The van der Waals surface area contributed by atoms with Crippen molar-refractivity contribution in [3.63, 3.8) is 0 Å². The maximum absolute atomic E-state index is 7.40. The Morgan fingerprint density at radius 2 is 0.659 bits per heavy atom. The summed E-state index contributed by atoms with van der Waals surface area (Å²) in [6, 6.07) is 50.7. The minimum atomic E-state index is -1.02. The molecule has 0 aromatic heterocycles. The molecule has 6 aromatic rings. The van der Waals surface area contributed by atoms with Gasteiger partial charge in [-0.25, -0.2) is 0 Å². The van der Waals surface area contributed by atoms with E-state index in [4.69, 9.17) is 32.7 Å². The van der Waals surface area contributed by atoms with Gasteiger partial charge in [0.25, 0.3) is 0 Å². The Labute approximate surface area is 271 Å². The summed E-state index contributed by atoms with van der Waals surface area (Å²) in [4.78, 5) is 0. The Hall–Kier alpha value is -3.64. The second-order valence-electron chi connectivity index (χ2n) is 9.96. The van der Waals surface area contributed by atoms with Crippen LogP contribution in [0.15, 0.2) is 146 Å². The molecule has 0 N–H and O–H groups in total. The van der Waals surface area contributed by atoms with Gasteiger partial charge in [-0.1, -0.05) is 145 Å². The van der Waals surface area contributed by atoms with E-state index in [1.165, 1.54) is 21.2 Å². The number of halogens is 2. The van der Waals surface area contributed by atoms with Crippen molar-refractivity contribution in [2.24, 2.45) is 0 Å². The molecule has 0 radical (unpaired) electrons. The Bertz CT molecular complexity index is 1630. The molecule has 0 atom stereocenters. The van der Waals surface area contributed by atoms with Crippen molar-refractivity contribution in [1.29, 1.82) is 0 Å². The van der Waals surface area contributed by atoms with Gasteiger partial charge in [-0.2, -0.15) is 0 Å². The molecular weight excluding hydrogens is 621 g/mol. The summed E-state index contributed by atoms with van der Waals surface area (Å²) >= 11 is 14.8. The lowest BCUT2D eigenvalue weighted by molar-refractivity contribution is 0.414. The predicted octanol–water partition coefficient (Wildman–Crippen LogP) is 8.19. The molecule has 0 spiro atoms. The second-order valence-corrected chi connectivity index (χ2v) is 15.1. The van der Waals surface area contributed by atoms with Crippen LogP contribution in [0.5, 0.6) is 11.5 Å². The summed E-state index contributed by atoms with van der Waals surface area (Å²) in [6.45, 7) is 0. The molecule has 218 valence electrons. The van der Waals surface area contributed by atoms with E-state index in [9.17, 15) is 0 Å². The van der Waals surface area contributed by atoms with Crippen molar-refractivity contribution in [3.8, 4) is 22.6 Å². The zero-order chi connectivity index (χ0) is 30.5. The first kappa shape index (κ1) is 30.4. The molecule has 0 aliphatic rings. The van der Waals surface area contributed by atoms with E-state index in [2.05, 4.69) is 109 Å². The van der Waals surface area contributed by atoms with Crippen LogP contribution in [0.25, 0.3) is 11.1 Å². The molecule has 0 aliphatic carbocycles. The minimum absolute atomic E-state index is 0.525. The van der Waals surface area contributed by atoms with Crippen LogP contribution in [-0.2, 0) is 0 Å². The van der Waals surface area contributed by atoms with Gasteiger partial charge in [-0.05, 0) is 71.9 Å². The Kier molecular flexibility index (Phi) is 9.66. The Morgan fingerprint density at radius 1 is 0.386 bits per heavy atom. The zero-order valence-electron chi connectivity index (χ0n) is 24.3. The van der Waals surface area contributed by atoms with E-state index in [1.807, 2.05) is 36.4 Å². The molecule has 6 aromatic carbocycles. The lowest BCUT2D eigenvalue weighted by atomic mass is 10.0. The van der Waals surface area contributed by atoms with Gasteiger partial charge in [0.1, 0.15) is 11.5 Å². The van der Waals surface area contributed by atoms with Crippen LogP contribution in [0.1, 0.15) is 0 Å². The second kappa shape index (κ2) is 14.0. The number of rotatable bonds is 9. The predicted molar refractivity (Wildman–Crippen MR) is 192 cm³/mol. The van der Waals surface area contributed by atoms with Crippen molar-refractivity contribution in [1.82, 2.24) is 0 Å². The van der Waals surface area contributed by atoms with Gasteiger partial charge in [0.15, 0.2) is 0 Å². The summed E-state index contributed by atoms with van der Waals surface area (Å²) in [5, 5.41) is 8.09. The standard InChI is InChI=1S/C38H30Cl2O2P2/c1-41-31-23-25-33(43(27-15-7-3-8-16-27)28-17-9-4-10-18-28)35(37(31)39)36-34(26-24-32(42-2)38(36)40)44(29-19-11-5-12-20-29)30-21-13-6-14-22-30/h3-26H,1-2H3.